The number of hydrogen-bond acceptors (Lipinski definition) is 4. The molecule has 2 aromatic heterocycles. The molecule has 3 aromatic rings. The highest BCUT2D eigenvalue weighted by atomic mass is 16.4. The predicted octanol–water partition coefficient (Wildman–Crippen LogP) is 2.60. The largest absolute Gasteiger partial charge is 0.478 e. The van der Waals surface area contributed by atoms with Crippen LogP contribution >= 0.6 is 0 Å². The van der Waals surface area contributed by atoms with Crippen molar-refractivity contribution in [2.75, 3.05) is 0 Å². The number of aromatic amines is 1. The molecule has 29 heavy (non-hydrogen) atoms. The standard InChI is InChI=1S/C17H17N3O.C4H4O4/c1-20-9-13(12-4-2-3-5-16(12)20)17(21)11-6-7-14-15(8-11)19-10-18-14;5-3(6)1-2-4(7)8/h2-5,9-11H,6-8H2,1H3,(H,18,19);1-2H,(H,5,6)(H,7,8)/b;2-1+/t11-;/m1./s1. The summed E-state index contributed by atoms with van der Waals surface area (Å²) in [6, 6.07) is 8.09. The Labute approximate surface area is 166 Å². The number of nitrogens with one attached hydrogen (secondary N) is 1. The number of carbonyl (C=O) groups excluding carboxylic acids is 1. The number of aliphatic carboxylic acids is 2. The van der Waals surface area contributed by atoms with Crippen molar-refractivity contribution in [1.29, 1.82) is 0 Å². The summed E-state index contributed by atoms with van der Waals surface area (Å²) >= 11 is 0. The topological polar surface area (TPSA) is 125 Å². The van der Waals surface area contributed by atoms with Crippen molar-refractivity contribution in [1.82, 2.24) is 14.5 Å². The Balaban J connectivity index is 0.000000258. The number of carboxylic acids is 2. The molecule has 1 aliphatic carbocycles. The van der Waals surface area contributed by atoms with Crippen LogP contribution in [0.4, 0.5) is 0 Å². The molecule has 1 aliphatic rings. The van der Waals surface area contributed by atoms with Gasteiger partial charge in [-0.2, -0.15) is 0 Å². The number of imidazole rings is 1. The first-order valence-corrected chi connectivity index (χ1v) is 9.10. The number of benzene rings is 1. The van der Waals surface area contributed by atoms with Crippen molar-refractivity contribution in [2.24, 2.45) is 13.0 Å². The van der Waals surface area contributed by atoms with Gasteiger partial charge in [-0.25, -0.2) is 14.6 Å². The molecule has 0 unspecified atom stereocenters. The Hall–Kier alpha value is -3.68. The van der Waals surface area contributed by atoms with E-state index in [9.17, 15) is 14.4 Å². The lowest BCUT2D eigenvalue weighted by molar-refractivity contribution is -0.134. The van der Waals surface area contributed by atoms with Crippen molar-refractivity contribution < 1.29 is 24.6 Å². The lowest BCUT2D eigenvalue weighted by atomic mass is 9.84. The summed E-state index contributed by atoms with van der Waals surface area (Å²) in [6.07, 6.45) is 7.37. The van der Waals surface area contributed by atoms with E-state index in [1.165, 1.54) is 0 Å². The number of carbonyl (C=O) groups is 3. The number of Topliss-reactive ketones (excluding diaryl/α,β-unsaturated/α-hetero) is 1. The van der Waals surface area contributed by atoms with Gasteiger partial charge in [0.25, 0.3) is 0 Å². The van der Waals surface area contributed by atoms with E-state index >= 15 is 0 Å². The fourth-order valence-electron chi connectivity index (χ4n) is 3.53. The first-order valence-electron chi connectivity index (χ1n) is 9.10. The first kappa shape index (κ1) is 20.1. The average molecular weight is 395 g/mol. The third kappa shape index (κ3) is 4.60. The molecule has 0 radical (unpaired) electrons. The lowest BCUT2D eigenvalue weighted by Gasteiger charge is -2.19. The van der Waals surface area contributed by atoms with Gasteiger partial charge in [0.15, 0.2) is 5.78 Å². The van der Waals surface area contributed by atoms with Crippen molar-refractivity contribution in [3.05, 3.63) is 65.9 Å². The van der Waals surface area contributed by atoms with Crippen molar-refractivity contribution in [2.45, 2.75) is 19.3 Å². The number of rotatable bonds is 4. The highest BCUT2D eigenvalue weighted by molar-refractivity contribution is 6.09. The van der Waals surface area contributed by atoms with Crippen molar-refractivity contribution >= 4 is 28.6 Å². The molecule has 4 rings (SSSR count). The average Bonchev–Trinajstić information content (AvgIpc) is 3.30. The molecule has 8 nitrogen and oxygen atoms in total. The number of aromatic nitrogens is 3. The van der Waals surface area contributed by atoms with Crippen LogP contribution < -0.4 is 0 Å². The van der Waals surface area contributed by atoms with Crippen LogP contribution in [-0.4, -0.2) is 42.5 Å². The molecule has 0 saturated carbocycles. The van der Waals surface area contributed by atoms with Crippen molar-refractivity contribution in [3.63, 3.8) is 0 Å². The molecule has 0 amide bonds. The summed E-state index contributed by atoms with van der Waals surface area (Å²) in [7, 11) is 1.99. The molecule has 0 aliphatic heterocycles. The number of H-pyrrole nitrogens is 1. The molecule has 2 heterocycles. The quantitative estimate of drug-likeness (QED) is 0.461. The van der Waals surface area contributed by atoms with E-state index in [0.29, 0.717) is 12.2 Å². The SMILES string of the molecule is Cn1cc(C(=O)[C@@H]2CCc3nc[nH]c3C2)c2ccccc21.O=C(O)/C=C/C(=O)O. The minimum Gasteiger partial charge on any atom is -0.478 e. The molecule has 0 spiro atoms. The maximum absolute atomic E-state index is 12.9. The molecular formula is C21H21N3O5. The monoisotopic (exact) mass is 395 g/mol. The highest BCUT2D eigenvalue weighted by Crippen LogP contribution is 2.29. The molecule has 0 saturated heterocycles. The summed E-state index contributed by atoms with van der Waals surface area (Å²) in [6.45, 7) is 0. The predicted molar refractivity (Wildman–Crippen MR) is 106 cm³/mol. The molecule has 1 aromatic carbocycles. The van der Waals surface area contributed by atoms with E-state index in [1.54, 1.807) is 6.33 Å². The third-order valence-electron chi connectivity index (χ3n) is 4.89. The zero-order valence-corrected chi connectivity index (χ0v) is 15.8. The lowest BCUT2D eigenvalue weighted by Crippen LogP contribution is -2.22. The van der Waals surface area contributed by atoms with E-state index in [-0.39, 0.29) is 11.7 Å². The zero-order chi connectivity index (χ0) is 21.0. The number of fused-ring (bicyclic) bond motifs is 2. The molecule has 3 N–H and O–H groups in total. The summed E-state index contributed by atoms with van der Waals surface area (Å²) in [5.41, 5.74) is 4.21. The number of aryl methyl sites for hydroxylation is 2. The summed E-state index contributed by atoms with van der Waals surface area (Å²) in [5, 5.41) is 16.7. The van der Waals surface area contributed by atoms with Gasteiger partial charge in [0.2, 0.25) is 0 Å². The van der Waals surface area contributed by atoms with Gasteiger partial charge in [0.05, 0.1) is 12.0 Å². The normalized spacial score (nSPS) is 15.6. The number of hydrogen-bond donors (Lipinski definition) is 3. The maximum atomic E-state index is 12.9. The van der Waals surface area contributed by atoms with Crippen LogP contribution in [0.15, 0.2) is 48.9 Å². The Morgan fingerprint density at radius 1 is 1.17 bits per heavy atom. The third-order valence-corrected chi connectivity index (χ3v) is 4.89. The van der Waals surface area contributed by atoms with Gasteiger partial charge < -0.3 is 19.8 Å². The first-order chi connectivity index (χ1) is 13.9. The second kappa shape index (κ2) is 8.55. The van der Waals surface area contributed by atoms with Crippen LogP contribution in [0, 0.1) is 5.92 Å². The molecular weight excluding hydrogens is 374 g/mol. The van der Waals surface area contributed by atoms with Gasteiger partial charge in [0.1, 0.15) is 0 Å². The Morgan fingerprint density at radius 2 is 1.86 bits per heavy atom. The van der Waals surface area contributed by atoms with Gasteiger partial charge >= 0.3 is 11.9 Å². The number of para-hydroxylation sites is 1. The number of ketones is 1. The smallest absolute Gasteiger partial charge is 0.328 e. The second-order valence-corrected chi connectivity index (χ2v) is 6.81. The van der Waals surface area contributed by atoms with Gasteiger partial charge in [-0.3, -0.25) is 4.79 Å². The van der Waals surface area contributed by atoms with E-state index in [0.717, 1.165) is 47.1 Å². The molecule has 150 valence electrons. The van der Waals surface area contributed by atoms with E-state index < -0.39 is 11.9 Å². The van der Waals surface area contributed by atoms with Gasteiger partial charge in [-0.15, -0.1) is 0 Å². The molecule has 0 fully saturated rings. The van der Waals surface area contributed by atoms with Crippen LogP contribution in [0.2, 0.25) is 0 Å². The van der Waals surface area contributed by atoms with E-state index in [1.807, 2.05) is 36.0 Å². The number of nitrogens with zero attached hydrogens (tertiary/aromatic N) is 2. The Kier molecular flexibility index (Phi) is 5.92. The van der Waals surface area contributed by atoms with Gasteiger partial charge in [-0.05, 0) is 25.3 Å². The minimum atomic E-state index is -1.26. The van der Waals surface area contributed by atoms with Crippen LogP contribution in [0.5, 0.6) is 0 Å². The van der Waals surface area contributed by atoms with Crippen LogP contribution in [0.3, 0.4) is 0 Å². The van der Waals surface area contributed by atoms with E-state index in [4.69, 9.17) is 10.2 Å². The van der Waals surface area contributed by atoms with Crippen LogP contribution in [-0.2, 0) is 29.5 Å². The van der Waals surface area contributed by atoms with Crippen molar-refractivity contribution in [3.8, 4) is 0 Å². The fraction of sp³-hybridized carbons (Fsp3) is 0.238. The van der Waals surface area contributed by atoms with Gasteiger partial charge in [-0.1, -0.05) is 18.2 Å². The maximum Gasteiger partial charge on any atom is 0.328 e. The molecule has 0 bridgehead atoms. The Bertz CT molecular complexity index is 1080. The molecule has 1 atom stereocenters. The second-order valence-electron chi connectivity index (χ2n) is 6.81. The zero-order valence-electron chi connectivity index (χ0n) is 15.8. The fourth-order valence-corrected chi connectivity index (χ4v) is 3.53. The minimum absolute atomic E-state index is 0.0590. The van der Waals surface area contributed by atoms with Gasteiger partial charge in [0, 0.05) is 53.5 Å². The number of carboxylic acid groups (broad SMARTS) is 2. The van der Waals surface area contributed by atoms with Crippen LogP contribution in [0.1, 0.15) is 28.2 Å². The summed E-state index contributed by atoms with van der Waals surface area (Å²) in [4.78, 5) is 39.5. The highest BCUT2D eigenvalue weighted by Gasteiger charge is 2.28. The Morgan fingerprint density at radius 3 is 2.55 bits per heavy atom. The van der Waals surface area contributed by atoms with Crippen LogP contribution in [0.25, 0.3) is 10.9 Å². The summed E-state index contributed by atoms with van der Waals surface area (Å²) < 4.78 is 2.03. The summed E-state index contributed by atoms with van der Waals surface area (Å²) in [5.74, 6) is -2.20. The molecule has 8 heteroatoms. The van der Waals surface area contributed by atoms with E-state index in [2.05, 4.69) is 16.0 Å².